The van der Waals surface area contributed by atoms with Crippen LogP contribution in [0.4, 0.5) is 11.4 Å². The second-order valence-corrected chi connectivity index (χ2v) is 5.48. The first-order valence-electron chi connectivity index (χ1n) is 6.73. The minimum atomic E-state index is -1.04. The molecule has 0 saturated carbocycles. The van der Waals surface area contributed by atoms with Crippen LogP contribution in [0.5, 0.6) is 0 Å². The number of hydrogen-bond donors (Lipinski definition) is 0. The largest absolute Gasteiger partial charge is 0.319 e. The molecule has 0 N–H and O–H groups in total. The van der Waals surface area contributed by atoms with Crippen LogP contribution in [0, 0.1) is 14.7 Å². The standard InChI is InChI=1S/C16H13N3O4/c1-16(2,10-3-6-12(17-21)7-4-10)11-5-8-14(18-22)13(9-11)15(20)19-23/h3-9H,1-2H3. The summed E-state index contributed by atoms with van der Waals surface area (Å²) >= 11 is 0. The van der Waals surface area contributed by atoms with Crippen molar-refractivity contribution in [3.05, 3.63) is 73.9 Å². The van der Waals surface area contributed by atoms with Gasteiger partial charge in [-0.3, -0.25) is 4.79 Å². The van der Waals surface area contributed by atoms with Crippen molar-refractivity contribution in [2.75, 3.05) is 0 Å². The second-order valence-electron chi connectivity index (χ2n) is 5.48. The molecule has 0 saturated heterocycles. The second kappa shape index (κ2) is 6.35. The minimum Gasteiger partial charge on any atom is -0.263 e. The predicted molar refractivity (Wildman–Crippen MR) is 86.0 cm³/mol. The van der Waals surface area contributed by atoms with E-state index in [1.165, 1.54) is 12.1 Å². The molecular formula is C16H13N3O4. The quantitative estimate of drug-likeness (QED) is 0.745. The van der Waals surface area contributed by atoms with Crippen molar-refractivity contribution < 1.29 is 4.79 Å². The van der Waals surface area contributed by atoms with Crippen molar-refractivity contribution in [1.82, 2.24) is 0 Å². The van der Waals surface area contributed by atoms with E-state index in [4.69, 9.17) is 0 Å². The third kappa shape index (κ3) is 3.08. The first-order valence-corrected chi connectivity index (χ1v) is 6.73. The van der Waals surface area contributed by atoms with Crippen molar-refractivity contribution >= 4 is 17.3 Å². The molecule has 0 unspecified atom stereocenters. The van der Waals surface area contributed by atoms with Crippen molar-refractivity contribution in [3.8, 4) is 0 Å². The Morgan fingerprint density at radius 1 is 0.870 bits per heavy atom. The van der Waals surface area contributed by atoms with Gasteiger partial charge in [0, 0.05) is 10.6 Å². The topological polar surface area (TPSA) is 105 Å². The van der Waals surface area contributed by atoms with Gasteiger partial charge in [0.2, 0.25) is 0 Å². The number of amides is 1. The lowest BCUT2D eigenvalue weighted by molar-refractivity contribution is 0.100. The predicted octanol–water partition coefficient (Wildman–Crippen LogP) is 4.71. The molecule has 7 nitrogen and oxygen atoms in total. The van der Waals surface area contributed by atoms with E-state index < -0.39 is 11.3 Å². The van der Waals surface area contributed by atoms with Crippen LogP contribution in [0.15, 0.2) is 58.0 Å². The number of benzene rings is 2. The fourth-order valence-corrected chi connectivity index (χ4v) is 2.33. The van der Waals surface area contributed by atoms with E-state index in [0.717, 1.165) is 5.56 Å². The van der Waals surface area contributed by atoms with Gasteiger partial charge in [-0.1, -0.05) is 32.0 Å². The molecule has 2 rings (SSSR count). The number of carbonyl (C=O) groups excluding carboxylic acids is 1. The van der Waals surface area contributed by atoms with Gasteiger partial charge in [0.25, 0.3) is 0 Å². The average Bonchev–Trinajstić information content (AvgIpc) is 2.60. The molecule has 1 amide bonds. The average molecular weight is 311 g/mol. The van der Waals surface area contributed by atoms with Crippen LogP contribution in [0.2, 0.25) is 0 Å². The number of carbonyl (C=O) groups is 1. The van der Waals surface area contributed by atoms with Crippen molar-refractivity contribution in [2.24, 2.45) is 15.5 Å². The van der Waals surface area contributed by atoms with Crippen molar-refractivity contribution in [1.29, 1.82) is 0 Å². The highest BCUT2D eigenvalue weighted by molar-refractivity contribution is 5.99. The Morgan fingerprint density at radius 3 is 2.00 bits per heavy atom. The molecule has 0 fully saturated rings. The lowest BCUT2D eigenvalue weighted by Gasteiger charge is -2.26. The monoisotopic (exact) mass is 311 g/mol. The van der Waals surface area contributed by atoms with Crippen LogP contribution in [-0.2, 0) is 5.41 Å². The molecule has 2 aromatic carbocycles. The molecule has 116 valence electrons. The Hall–Kier alpha value is -3.09. The summed E-state index contributed by atoms with van der Waals surface area (Å²) in [6.07, 6.45) is 0. The normalized spacial score (nSPS) is 10.9. The summed E-state index contributed by atoms with van der Waals surface area (Å²) < 4.78 is 0. The van der Waals surface area contributed by atoms with Crippen LogP contribution in [0.25, 0.3) is 0 Å². The molecule has 0 aliphatic heterocycles. The van der Waals surface area contributed by atoms with Crippen LogP contribution < -0.4 is 0 Å². The summed E-state index contributed by atoms with van der Waals surface area (Å²) in [6, 6.07) is 11.2. The van der Waals surface area contributed by atoms with Gasteiger partial charge < -0.3 is 0 Å². The zero-order valence-corrected chi connectivity index (χ0v) is 12.5. The summed E-state index contributed by atoms with van der Waals surface area (Å²) in [6.45, 7) is 3.81. The molecule has 0 aliphatic rings. The van der Waals surface area contributed by atoms with E-state index in [1.807, 2.05) is 13.8 Å². The smallest absolute Gasteiger partial charge is 0.263 e. The summed E-state index contributed by atoms with van der Waals surface area (Å²) in [5.41, 5.74) is 1.08. The Labute approximate surface area is 131 Å². The van der Waals surface area contributed by atoms with Crippen molar-refractivity contribution in [3.63, 3.8) is 0 Å². The van der Waals surface area contributed by atoms with Crippen LogP contribution in [0.1, 0.15) is 35.3 Å². The first kappa shape index (κ1) is 16.3. The summed E-state index contributed by atoms with van der Waals surface area (Å²) in [5.74, 6) is -1.04. The van der Waals surface area contributed by atoms with Crippen molar-refractivity contribution in [2.45, 2.75) is 19.3 Å². The molecule has 0 heterocycles. The Kier molecular flexibility index (Phi) is 4.49. The Morgan fingerprint density at radius 2 is 1.48 bits per heavy atom. The number of nitroso groups, excluding NO2 is 3. The highest BCUT2D eigenvalue weighted by Gasteiger charge is 2.25. The fraction of sp³-hybridized carbons (Fsp3) is 0.188. The van der Waals surface area contributed by atoms with Gasteiger partial charge in [-0.15, -0.1) is 14.7 Å². The number of nitrogens with zero attached hydrogens (tertiary/aromatic N) is 3. The fourth-order valence-electron chi connectivity index (χ4n) is 2.33. The van der Waals surface area contributed by atoms with Gasteiger partial charge in [-0.25, -0.2) is 0 Å². The van der Waals surface area contributed by atoms with E-state index in [9.17, 15) is 19.5 Å². The molecule has 0 aliphatic carbocycles. The summed E-state index contributed by atoms with van der Waals surface area (Å²) in [4.78, 5) is 43.3. The van der Waals surface area contributed by atoms with Gasteiger partial charge in [-0.2, -0.15) is 0 Å². The van der Waals surface area contributed by atoms with Crippen LogP contribution >= 0.6 is 0 Å². The molecule has 2 aromatic rings. The maximum Gasteiger partial charge on any atom is 0.319 e. The maximum atomic E-state index is 11.6. The van der Waals surface area contributed by atoms with Gasteiger partial charge in [0.1, 0.15) is 11.4 Å². The highest BCUT2D eigenvalue weighted by Crippen LogP contribution is 2.35. The highest BCUT2D eigenvalue weighted by atomic mass is 16.3. The minimum absolute atomic E-state index is 0.130. The number of hydrogen-bond acceptors (Lipinski definition) is 6. The molecule has 0 aromatic heterocycles. The van der Waals surface area contributed by atoms with E-state index in [2.05, 4.69) is 15.5 Å². The molecular weight excluding hydrogens is 298 g/mol. The summed E-state index contributed by atoms with van der Waals surface area (Å²) in [7, 11) is 0. The van der Waals surface area contributed by atoms with E-state index in [1.54, 1.807) is 30.3 Å². The maximum absolute atomic E-state index is 11.6. The Balaban J connectivity index is 2.54. The first-order chi connectivity index (χ1) is 10.9. The third-order valence-corrected chi connectivity index (χ3v) is 3.82. The molecule has 0 atom stereocenters. The summed E-state index contributed by atoms with van der Waals surface area (Å²) in [5, 5.41) is 7.94. The lowest BCUT2D eigenvalue weighted by Crippen LogP contribution is -2.19. The van der Waals surface area contributed by atoms with Gasteiger partial charge in [0.15, 0.2) is 0 Å². The zero-order chi connectivity index (χ0) is 17.0. The molecule has 0 bridgehead atoms. The Bertz CT molecular complexity index is 782. The van der Waals surface area contributed by atoms with E-state index in [-0.39, 0.29) is 11.3 Å². The lowest BCUT2D eigenvalue weighted by atomic mass is 9.77. The molecule has 0 spiro atoms. The number of rotatable bonds is 5. The zero-order valence-electron chi connectivity index (χ0n) is 12.5. The SMILES string of the molecule is CC(C)(c1ccc(N=O)cc1)c1ccc(N=O)c(C(=O)N=O)c1. The molecule has 0 radical (unpaired) electrons. The van der Waals surface area contributed by atoms with Crippen LogP contribution in [-0.4, -0.2) is 5.91 Å². The van der Waals surface area contributed by atoms with Gasteiger partial charge in [-0.05, 0) is 45.7 Å². The van der Waals surface area contributed by atoms with E-state index >= 15 is 0 Å². The molecule has 23 heavy (non-hydrogen) atoms. The third-order valence-electron chi connectivity index (χ3n) is 3.82. The molecule has 7 heteroatoms. The van der Waals surface area contributed by atoms with Crippen LogP contribution in [0.3, 0.4) is 0 Å². The van der Waals surface area contributed by atoms with E-state index in [0.29, 0.717) is 11.3 Å². The van der Waals surface area contributed by atoms with Gasteiger partial charge in [0.05, 0.1) is 5.56 Å². The van der Waals surface area contributed by atoms with Gasteiger partial charge >= 0.3 is 5.91 Å².